The van der Waals surface area contributed by atoms with E-state index in [1.54, 1.807) is 0 Å². The molecular formula is C51H98N2O5. The van der Waals surface area contributed by atoms with Crippen LogP contribution in [0.2, 0.25) is 0 Å². The zero-order valence-corrected chi connectivity index (χ0v) is 39.6. The first-order chi connectivity index (χ1) is 28.2. The SMILES string of the molecule is CCCCCCCC/C=C\CCCCCCC1CN(CCOC(=O)CCN(C)C)CC(CCCCCC(=O)OC(CCCCCCCC)CCCCCCC(C)C)O1. The van der Waals surface area contributed by atoms with Gasteiger partial charge in [0.15, 0.2) is 0 Å². The number of hydrogen-bond donors (Lipinski definition) is 0. The number of carbonyl (C=O) groups is 2. The fourth-order valence-corrected chi connectivity index (χ4v) is 8.21. The average molecular weight is 819 g/mol. The van der Waals surface area contributed by atoms with Crippen molar-refractivity contribution in [3.8, 4) is 0 Å². The van der Waals surface area contributed by atoms with Gasteiger partial charge in [0, 0.05) is 32.6 Å². The summed E-state index contributed by atoms with van der Waals surface area (Å²) in [5.74, 6) is 0.670. The molecule has 0 saturated carbocycles. The van der Waals surface area contributed by atoms with Crippen molar-refractivity contribution in [2.45, 2.75) is 251 Å². The first-order valence-electron chi connectivity index (χ1n) is 25.3. The number of nitrogens with zero attached hydrogens (tertiary/aromatic N) is 2. The van der Waals surface area contributed by atoms with E-state index >= 15 is 0 Å². The van der Waals surface area contributed by atoms with Crippen LogP contribution in [0.3, 0.4) is 0 Å². The summed E-state index contributed by atoms with van der Waals surface area (Å²) in [7, 11) is 3.96. The zero-order valence-electron chi connectivity index (χ0n) is 39.6. The summed E-state index contributed by atoms with van der Waals surface area (Å²) in [5.41, 5.74) is 0. The van der Waals surface area contributed by atoms with E-state index in [1.165, 1.54) is 148 Å². The van der Waals surface area contributed by atoms with Gasteiger partial charge < -0.3 is 19.1 Å². The molecule has 1 saturated heterocycles. The standard InChI is InChI=1S/C51H98N2O5/c1-7-9-11-13-15-16-17-18-19-20-21-22-24-31-37-48-44-53(42-43-56-50(54)40-41-52(5)6)45-49(57-48)38-32-27-33-39-51(55)58-47(35-29-23-14-12-10-8-2)36-30-26-25-28-34-46(3)4/h18-19,46-49H,7-17,20-45H2,1-6H3/b19-18-. The molecule has 1 heterocycles. The minimum Gasteiger partial charge on any atom is -0.464 e. The molecule has 1 fully saturated rings. The van der Waals surface area contributed by atoms with Crippen molar-refractivity contribution >= 4 is 11.9 Å². The fourth-order valence-electron chi connectivity index (χ4n) is 8.21. The maximum Gasteiger partial charge on any atom is 0.307 e. The van der Waals surface area contributed by atoms with Gasteiger partial charge in [-0.2, -0.15) is 0 Å². The first-order valence-corrected chi connectivity index (χ1v) is 25.3. The second kappa shape index (κ2) is 39.7. The molecule has 7 heteroatoms. The van der Waals surface area contributed by atoms with Gasteiger partial charge >= 0.3 is 11.9 Å². The highest BCUT2D eigenvalue weighted by Crippen LogP contribution is 2.22. The Morgan fingerprint density at radius 2 is 1.10 bits per heavy atom. The smallest absolute Gasteiger partial charge is 0.307 e. The van der Waals surface area contributed by atoms with Crippen molar-refractivity contribution in [1.82, 2.24) is 9.80 Å². The van der Waals surface area contributed by atoms with Crippen LogP contribution >= 0.6 is 0 Å². The Hall–Kier alpha value is -1.44. The molecule has 0 N–H and O–H groups in total. The van der Waals surface area contributed by atoms with Gasteiger partial charge in [-0.25, -0.2) is 0 Å². The summed E-state index contributed by atoms with van der Waals surface area (Å²) in [6.07, 6.45) is 43.0. The van der Waals surface area contributed by atoms with Gasteiger partial charge in [-0.1, -0.05) is 162 Å². The van der Waals surface area contributed by atoms with Crippen molar-refractivity contribution in [3.05, 3.63) is 12.2 Å². The van der Waals surface area contributed by atoms with Crippen molar-refractivity contribution < 1.29 is 23.8 Å². The molecule has 1 rings (SSSR count). The van der Waals surface area contributed by atoms with E-state index in [-0.39, 0.29) is 30.3 Å². The average Bonchev–Trinajstić information content (AvgIpc) is 3.19. The third-order valence-electron chi connectivity index (χ3n) is 11.9. The van der Waals surface area contributed by atoms with Crippen LogP contribution in [0.15, 0.2) is 12.2 Å². The number of carbonyl (C=O) groups excluding carboxylic acids is 2. The van der Waals surface area contributed by atoms with Gasteiger partial charge in [-0.15, -0.1) is 0 Å². The number of unbranched alkanes of at least 4 members (excludes halogenated alkanes) is 20. The lowest BCUT2D eigenvalue weighted by atomic mass is 10.0. The molecule has 58 heavy (non-hydrogen) atoms. The van der Waals surface area contributed by atoms with E-state index < -0.39 is 0 Å². The Labute approximate surface area is 360 Å². The molecule has 1 aliphatic rings. The molecule has 7 nitrogen and oxygen atoms in total. The van der Waals surface area contributed by atoms with E-state index in [9.17, 15) is 9.59 Å². The second-order valence-electron chi connectivity index (χ2n) is 18.6. The summed E-state index contributed by atoms with van der Waals surface area (Å²) >= 11 is 0. The molecule has 0 spiro atoms. The van der Waals surface area contributed by atoms with E-state index in [2.05, 4.69) is 44.7 Å². The minimum absolute atomic E-state index is 0.000244. The van der Waals surface area contributed by atoms with E-state index in [0.717, 1.165) is 70.5 Å². The third kappa shape index (κ3) is 35.3. The molecule has 0 aromatic heterocycles. The number of allylic oxidation sites excluding steroid dienone is 2. The summed E-state index contributed by atoms with van der Waals surface area (Å²) < 4.78 is 18.4. The number of morpholine rings is 1. The summed E-state index contributed by atoms with van der Waals surface area (Å²) in [6.45, 7) is 12.9. The fraction of sp³-hybridized carbons (Fsp3) is 0.922. The number of hydrogen-bond acceptors (Lipinski definition) is 7. The molecule has 0 amide bonds. The van der Waals surface area contributed by atoms with Crippen molar-refractivity contribution in [2.24, 2.45) is 5.92 Å². The molecule has 0 aliphatic carbocycles. The summed E-state index contributed by atoms with van der Waals surface area (Å²) in [4.78, 5) is 29.7. The number of ether oxygens (including phenoxy) is 3. The molecule has 342 valence electrons. The van der Waals surface area contributed by atoms with Gasteiger partial charge in [-0.3, -0.25) is 14.5 Å². The van der Waals surface area contributed by atoms with Gasteiger partial charge in [0.25, 0.3) is 0 Å². The Morgan fingerprint density at radius 1 is 0.621 bits per heavy atom. The normalized spacial score (nSPS) is 16.8. The van der Waals surface area contributed by atoms with Crippen LogP contribution in [0.5, 0.6) is 0 Å². The summed E-state index contributed by atoms with van der Waals surface area (Å²) in [5, 5.41) is 0. The first kappa shape index (κ1) is 54.6. The predicted octanol–water partition coefficient (Wildman–Crippen LogP) is 13.8. The molecule has 0 radical (unpaired) electrons. The van der Waals surface area contributed by atoms with Gasteiger partial charge in [0.2, 0.25) is 0 Å². The maximum absolute atomic E-state index is 13.0. The monoisotopic (exact) mass is 819 g/mol. The van der Waals surface area contributed by atoms with Gasteiger partial charge in [0.1, 0.15) is 12.7 Å². The predicted molar refractivity (Wildman–Crippen MR) is 248 cm³/mol. The maximum atomic E-state index is 13.0. The Bertz CT molecular complexity index is 955. The number of esters is 2. The van der Waals surface area contributed by atoms with Crippen LogP contribution in [0.4, 0.5) is 0 Å². The Morgan fingerprint density at radius 3 is 1.64 bits per heavy atom. The topological polar surface area (TPSA) is 68.3 Å². The Kier molecular flexibility index (Phi) is 37.3. The van der Waals surface area contributed by atoms with Crippen molar-refractivity contribution in [2.75, 3.05) is 46.9 Å². The highest BCUT2D eigenvalue weighted by molar-refractivity contribution is 5.69. The van der Waals surface area contributed by atoms with Crippen LogP contribution in [0.1, 0.15) is 233 Å². The molecular weight excluding hydrogens is 721 g/mol. The minimum atomic E-state index is -0.114. The van der Waals surface area contributed by atoms with Crippen LogP contribution in [-0.2, 0) is 23.8 Å². The van der Waals surface area contributed by atoms with Crippen LogP contribution in [0, 0.1) is 5.92 Å². The van der Waals surface area contributed by atoms with Crippen LogP contribution < -0.4 is 0 Å². The molecule has 0 aromatic carbocycles. The third-order valence-corrected chi connectivity index (χ3v) is 11.9. The highest BCUT2D eigenvalue weighted by Gasteiger charge is 2.27. The van der Waals surface area contributed by atoms with Gasteiger partial charge in [0.05, 0.1) is 18.6 Å². The molecule has 0 aromatic rings. The lowest BCUT2D eigenvalue weighted by Gasteiger charge is -2.38. The second-order valence-corrected chi connectivity index (χ2v) is 18.6. The van der Waals surface area contributed by atoms with E-state index in [4.69, 9.17) is 14.2 Å². The van der Waals surface area contributed by atoms with Gasteiger partial charge in [-0.05, 0) is 90.6 Å². The van der Waals surface area contributed by atoms with Crippen molar-refractivity contribution in [3.63, 3.8) is 0 Å². The van der Waals surface area contributed by atoms with E-state index in [1.807, 2.05) is 19.0 Å². The summed E-state index contributed by atoms with van der Waals surface area (Å²) in [6, 6.07) is 0. The van der Waals surface area contributed by atoms with Crippen molar-refractivity contribution in [1.29, 1.82) is 0 Å². The highest BCUT2D eigenvalue weighted by atomic mass is 16.5. The zero-order chi connectivity index (χ0) is 42.3. The molecule has 3 unspecified atom stereocenters. The van der Waals surface area contributed by atoms with Crippen LogP contribution in [0.25, 0.3) is 0 Å². The molecule has 0 bridgehead atoms. The lowest BCUT2D eigenvalue weighted by Crippen LogP contribution is -2.48. The lowest BCUT2D eigenvalue weighted by molar-refractivity contribution is -0.150. The van der Waals surface area contributed by atoms with Crippen LogP contribution in [-0.4, -0.2) is 86.9 Å². The largest absolute Gasteiger partial charge is 0.464 e. The number of rotatable bonds is 41. The Balaban J connectivity index is 2.47. The molecule has 3 atom stereocenters. The quantitative estimate of drug-likeness (QED) is 0.0346. The molecule has 1 aliphatic heterocycles. The van der Waals surface area contributed by atoms with E-state index in [0.29, 0.717) is 26.0 Å².